The van der Waals surface area contributed by atoms with Gasteiger partial charge in [-0.3, -0.25) is 19.3 Å². The SMILES string of the molecule is Cn1c(=O)[nH]c(=O)c2c1nc(N/N=C\c1ccncc1)n2C[C@@H](O)COc1ccccc1. The highest BCUT2D eigenvalue weighted by Crippen LogP contribution is 2.17. The highest BCUT2D eigenvalue weighted by molar-refractivity contribution is 5.80. The minimum atomic E-state index is -0.964. The van der Waals surface area contributed by atoms with Gasteiger partial charge in [0.25, 0.3) is 5.56 Å². The quantitative estimate of drug-likeness (QED) is 0.273. The summed E-state index contributed by atoms with van der Waals surface area (Å²) in [5.74, 6) is 0.804. The second-order valence-corrected chi connectivity index (χ2v) is 6.96. The van der Waals surface area contributed by atoms with Crippen LogP contribution in [0.15, 0.2) is 69.5 Å². The molecule has 1 atom stereocenters. The van der Waals surface area contributed by atoms with Crippen molar-refractivity contribution in [3.05, 3.63) is 81.3 Å². The Morgan fingerprint density at radius 2 is 1.97 bits per heavy atom. The number of ether oxygens (including phenoxy) is 1. The Labute approximate surface area is 181 Å². The first-order valence-electron chi connectivity index (χ1n) is 9.77. The molecule has 0 aliphatic heterocycles. The number of nitrogens with one attached hydrogen (secondary N) is 2. The zero-order valence-electron chi connectivity index (χ0n) is 17.2. The number of aromatic amines is 1. The third-order valence-electron chi connectivity index (χ3n) is 4.67. The molecule has 3 aromatic heterocycles. The number of nitrogens with zero attached hydrogens (tertiary/aromatic N) is 5. The van der Waals surface area contributed by atoms with Gasteiger partial charge in [-0.1, -0.05) is 18.2 Å². The third kappa shape index (κ3) is 4.57. The van der Waals surface area contributed by atoms with Crippen LogP contribution in [-0.2, 0) is 13.6 Å². The van der Waals surface area contributed by atoms with Gasteiger partial charge in [0.1, 0.15) is 18.5 Å². The Kier molecular flexibility index (Phi) is 6.08. The number of anilines is 1. The zero-order chi connectivity index (χ0) is 22.5. The number of aryl methyl sites for hydroxylation is 1. The van der Waals surface area contributed by atoms with Crippen LogP contribution < -0.4 is 21.4 Å². The largest absolute Gasteiger partial charge is 0.491 e. The Bertz CT molecular complexity index is 1340. The molecule has 0 saturated heterocycles. The molecule has 0 unspecified atom stereocenters. The molecule has 3 heterocycles. The van der Waals surface area contributed by atoms with Crippen LogP contribution in [-0.4, -0.2) is 48.1 Å². The van der Waals surface area contributed by atoms with E-state index in [9.17, 15) is 14.7 Å². The molecule has 0 aliphatic carbocycles. The first-order chi connectivity index (χ1) is 15.5. The summed E-state index contributed by atoms with van der Waals surface area (Å²) in [6.07, 6.45) is 3.86. The Hall–Kier alpha value is -4.25. The number of aromatic nitrogens is 5. The van der Waals surface area contributed by atoms with Crippen molar-refractivity contribution in [1.82, 2.24) is 24.1 Å². The highest BCUT2D eigenvalue weighted by Gasteiger charge is 2.19. The molecule has 164 valence electrons. The highest BCUT2D eigenvalue weighted by atomic mass is 16.5. The lowest BCUT2D eigenvalue weighted by Crippen LogP contribution is -2.30. The van der Waals surface area contributed by atoms with Gasteiger partial charge >= 0.3 is 5.69 Å². The van der Waals surface area contributed by atoms with E-state index in [0.717, 1.165) is 5.56 Å². The lowest BCUT2D eigenvalue weighted by molar-refractivity contribution is 0.0938. The first-order valence-corrected chi connectivity index (χ1v) is 9.77. The van der Waals surface area contributed by atoms with E-state index >= 15 is 0 Å². The molecule has 32 heavy (non-hydrogen) atoms. The van der Waals surface area contributed by atoms with E-state index in [1.54, 1.807) is 42.9 Å². The van der Waals surface area contributed by atoms with Gasteiger partial charge in [-0.2, -0.15) is 10.1 Å². The van der Waals surface area contributed by atoms with Crippen molar-refractivity contribution in [2.75, 3.05) is 12.0 Å². The molecule has 4 rings (SSSR count). The number of H-pyrrole nitrogens is 1. The van der Waals surface area contributed by atoms with Crippen LogP contribution in [0.4, 0.5) is 5.95 Å². The Morgan fingerprint density at radius 3 is 2.72 bits per heavy atom. The summed E-state index contributed by atoms with van der Waals surface area (Å²) < 4.78 is 8.29. The molecule has 0 aliphatic rings. The molecule has 0 radical (unpaired) electrons. The minimum absolute atomic E-state index is 0.00687. The number of benzene rings is 1. The molecule has 0 spiro atoms. The summed E-state index contributed by atoms with van der Waals surface area (Å²) in [5, 5.41) is 14.7. The van der Waals surface area contributed by atoms with Crippen LogP contribution in [0.1, 0.15) is 5.56 Å². The molecule has 0 bridgehead atoms. The van der Waals surface area contributed by atoms with Gasteiger partial charge in [-0.05, 0) is 29.8 Å². The lowest BCUT2D eigenvalue weighted by atomic mass is 10.3. The van der Waals surface area contributed by atoms with E-state index in [0.29, 0.717) is 5.75 Å². The number of aliphatic hydroxyl groups excluding tert-OH is 1. The predicted molar refractivity (Wildman–Crippen MR) is 119 cm³/mol. The van der Waals surface area contributed by atoms with Gasteiger partial charge in [0.05, 0.1) is 12.8 Å². The molecule has 0 fully saturated rings. The van der Waals surface area contributed by atoms with E-state index < -0.39 is 17.4 Å². The van der Waals surface area contributed by atoms with Gasteiger partial charge in [0.15, 0.2) is 11.2 Å². The van der Waals surface area contributed by atoms with E-state index in [1.165, 1.54) is 16.2 Å². The summed E-state index contributed by atoms with van der Waals surface area (Å²) in [5.41, 5.74) is 2.68. The van der Waals surface area contributed by atoms with Gasteiger partial charge in [-0.15, -0.1) is 0 Å². The van der Waals surface area contributed by atoms with Crippen LogP contribution in [0.2, 0.25) is 0 Å². The van der Waals surface area contributed by atoms with Crippen molar-refractivity contribution in [3.63, 3.8) is 0 Å². The third-order valence-corrected chi connectivity index (χ3v) is 4.67. The Balaban J connectivity index is 1.63. The molecule has 11 nitrogen and oxygen atoms in total. The van der Waals surface area contributed by atoms with Gasteiger partial charge in [-0.25, -0.2) is 10.2 Å². The van der Waals surface area contributed by atoms with Crippen molar-refractivity contribution >= 4 is 23.3 Å². The molecular formula is C21H21N7O4. The van der Waals surface area contributed by atoms with Crippen LogP contribution in [0.25, 0.3) is 11.2 Å². The van der Waals surface area contributed by atoms with Crippen molar-refractivity contribution in [2.45, 2.75) is 12.6 Å². The van der Waals surface area contributed by atoms with Gasteiger partial charge in [0.2, 0.25) is 5.95 Å². The second kappa shape index (κ2) is 9.27. The number of pyridine rings is 1. The fourth-order valence-corrected chi connectivity index (χ4v) is 3.08. The number of para-hydroxylation sites is 1. The average molecular weight is 435 g/mol. The van der Waals surface area contributed by atoms with E-state index in [4.69, 9.17) is 4.74 Å². The number of hydrogen-bond donors (Lipinski definition) is 3. The number of hydrogen-bond acceptors (Lipinski definition) is 8. The molecule has 3 N–H and O–H groups in total. The molecule has 0 saturated carbocycles. The first kappa shape index (κ1) is 21.0. The molecular weight excluding hydrogens is 414 g/mol. The predicted octanol–water partition coefficient (Wildman–Crippen LogP) is 0.704. The lowest BCUT2D eigenvalue weighted by Gasteiger charge is -2.15. The van der Waals surface area contributed by atoms with Crippen LogP contribution in [0.5, 0.6) is 5.75 Å². The second-order valence-electron chi connectivity index (χ2n) is 6.96. The Morgan fingerprint density at radius 1 is 1.22 bits per heavy atom. The summed E-state index contributed by atoms with van der Waals surface area (Å²) in [6, 6.07) is 12.6. The van der Waals surface area contributed by atoms with E-state index in [-0.39, 0.29) is 30.3 Å². The van der Waals surface area contributed by atoms with Crippen LogP contribution in [0, 0.1) is 0 Å². The van der Waals surface area contributed by atoms with Crippen molar-refractivity contribution in [1.29, 1.82) is 0 Å². The fraction of sp³-hybridized carbons (Fsp3) is 0.190. The maximum atomic E-state index is 12.5. The fourth-order valence-electron chi connectivity index (χ4n) is 3.08. The standard InChI is InChI=1S/C21H21N7O4/c1-27-18-17(19(30)25-21(27)31)28(12-15(29)13-32-16-5-3-2-4-6-16)20(24-18)26-23-11-14-7-9-22-10-8-14/h2-11,15,29H,12-13H2,1H3,(H,24,26)(H,25,30,31)/b23-11-/t15-/m1/s1. The number of rotatable bonds is 8. The van der Waals surface area contributed by atoms with Gasteiger partial charge < -0.3 is 14.4 Å². The molecule has 1 aromatic carbocycles. The number of imidazole rings is 1. The maximum Gasteiger partial charge on any atom is 0.329 e. The zero-order valence-corrected chi connectivity index (χ0v) is 17.2. The summed E-state index contributed by atoms with van der Waals surface area (Å²) in [6.45, 7) is -0.0230. The van der Waals surface area contributed by atoms with Gasteiger partial charge in [0, 0.05) is 19.4 Å². The number of fused-ring (bicyclic) bond motifs is 1. The monoisotopic (exact) mass is 435 g/mol. The molecule has 4 aromatic rings. The number of hydrazone groups is 1. The minimum Gasteiger partial charge on any atom is -0.491 e. The summed E-state index contributed by atoms with van der Waals surface area (Å²) in [7, 11) is 1.50. The average Bonchev–Trinajstić information content (AvgIpc) is 3.16. The smallest absolute Gasteiger partial charge is 0.329 e. The van der Waals surface area contributed by atoms with Crippen molar-refractivity contribution in [3.8, 4) is 5.75 Å². The van der Waals surface area contributed by atoms with Crippen LogP contribution >= 0.6 is 0 Å². The van der Waals surface area contributed by atoms with Crippen LogP contribution in [0.3, 0.4) is 0 Å². The maximum absolute atomic E-state index is 12.5. The van der Waals surface area contributed by atoms with E-state index in [2.05, 4.69) is 25.5 Å². The summed E-state index contributed by atoms with van der Waals surface area (Å²) >= 11 is 0. The number of aliphatic hydroxyl groups is 1. The molecule has 0 amide bonds. The van der Waals surface area contributed by atoms with Crippen molar-refractivity contribution in [2.24, 2.45) is 12.1 Å². The normalized spacial score (nSPS) is 12.3. The summed E-state index contributed by atoms with van der Waals surface area (Å²) in [4.78, 5) is 35.1. The van der Waals surface area contributed by atoms with E-state index in [1.807, 2.05) is 18.2 Å². The van der Waals surface area contributed by atoms with Crippen molar-refractivity contribution < 1.29 is 9.84 Å². The topological polar surface area (TPSA) is 139 Å². The molecule has 11 heteroatoms.